The summed E-state index contributed by atoms with van der Waals surface area (Å²) < 4.78 is 3.35. The van der Waals surface area contributed by atoms with Gasteiger partial charge in [-0.25, -0.2) is 9.78 Å². The topological polar surface area (TPSA) is 72.7 Å². The van der Waals surface area contributed by atoms with Crippen LogP contribution in [0.25, 0.3) is 11.2 Å². The van der Waals surface area contributed by atoms with Gasteiger partial charge >= 0.3 is 5.69 Å². The molecule has 0 saturated heterocycles. The molecule has 0 saturated carbocycles. The molecule has 0 unspecified atom stereocenters. The molecule has 0 aliphatic rings. The van der Waals surface area contributed by atoms with Crippen LogP contribution >= 0.6 is 11.8 Å². The molecule has 0 aliphatic carbocycles. The van der Waals surface area contributed by atoms with Crippen LogP contribution in [0, 0.1) is 0 Å². The SMILES string of the molecule is C=CCn1c(SC)nc2c1c(=O)[nH]c(=O)n2CCCCC. The molecule has 21 heavy (non-hydrogen) atoms. The molecule has 0 aliphatic heterocycles. The third kappa shape index (κ3) is 2.97. The molecule has 114 valence electrons. The van der Waals surface area contributed by atoms with Crippen LogP contribution < -0.4 is 11.2 Å². The number of H-pyrrole nitrogens is 1. The Morgan fingerprint density at radius 3 is 2.71 bits per heavy atom. The van der Waals surface area contributed by atoms with Crippen molar-refractivity contribution in [3.05, 3.63) is 33.5 Å². The predicted octanol–water partition coefficient (Wildman–Crippen LogP) is 1.98. The highest BCUT2D eigenvalue weighted by Crippen LogP contribution is 2.19. The largest absolute Gasteiger partial charge is 0.330 e. The van der Waals surface area contributed by atoms with E-state index >= 15 is 0 Å². The van der Waals surface area contributed by atoms with Gasteiger partial charge in [0.1, 0.15) is 0 Å². The maximum atomic E-state index is 12.1. The highest BCUT2D eigenvalue weighted by molar-refractivity contribution is 7.98. The second-order valence-corrected chi connectivity index (χ2v) is 5.56. The van der Waals surface area contributed by atoms with Crippen molar-refractivity contribution in [3.8, 4) is 0 Å². The van der Waals surface area contributed by atoms with Gasteiger partial charge in [-0.1, -0.05) is 37.6 Å². The van der Waals surface area contributed by atoms with Crippen LogP contribution in [0.2, 0.25) is 0 Å². The second kappa shape index (κ2) is 6.80. The lowest BCUT2D eigenvalue weighted by atomic mass is 10.2. The summed E-state index contributed by atoms with van der Waals surface area (Å²) in [5.74, 6) is 0. The van der Waals surface area contributed by atoms with Gasteiger partial charge in [0.15, 0.2) is 16.3 Å². The number of aromatic amines is 1. The van der Waals surface area contributed by atoms with Gasteiger partial charge in [-0.05, 0) is 12.7 Å². The minimum absolute atomic E-state index is 0.389. The number of allylic oxidation sites excluding steroid dienone is 1. The van der Waals surface area contributed by atoms with Crippen molar-refractivity contribution in [1.29, 1.82) is 0 Å². The first-order chi connectivity index (χ1) is 10.1. The van der Waals surface area contributed by atoms with Crippen molar-refractivity contribution in [2.75, 3.05) is 6.26 Å². The quantitative estimate of drug-likeness (QED) is 0.482. The van der Waals surface area contributed by atoms with E-state index < -0.39 is 5.56 Å². The lowest BCUT2D eigenvalue weighted by Crippen LogP contribution is -2.31. The Morgan fingerprint density at radius 1 is 1.33 bits per heavy atom. The number of hydrogen-bond donors (Lipinski definition) is 1. The van der Waals surface area contributed by atoms with Crippen molar-refractivity contribution in [1.82, 2.24) is 19.1 Å². The van der Waals surface area contributed by atoms with Gasteiger partial charge in [-0.3, -0.25) is 14.3 Å². The molecular formula is C14H20N4O2S. The number of nitrogens with zero attached hydrogens (tertiary/aromatic N) is 3. The molecule has 7 heteroatoms. The van der Waals surface area contributed by atoms with Crippen LogP contribution in [-0.4, -0.2) is 25.4 Å². The minimum Gasteiger partial charge on any atom is -0.309 e. The van der Waals surface area contributed by atoms with Crippen molar-refractivity contribution < 1.29 is 0 Å². The molecule has 1 N–H and O–H groups in total. The molecule has 2 aromatic heterocycles. The summed E-state index contributed by atoms with van der Waals surface area (Å²) in [5, 5.41) is 0.713. The van der Waals surface area contributed by atoms with E-state index in [0.29, 0.717) is 29.4 Å². The summed E-state index contributed by atoms with van der Waals surface area (Å²) in [4.78, 5) is 31.0. The molecule has 0 spiro atoms. The predicted molar refractivity (Wildman–Crippen MR) is 86.1 cm³/mol. The molecule has 0 bridgehead atoms. The zero-order valence-corrected chi connectivity index (χ0v) is 13.2. The van der Waals surface area contributed by atoms with Gasteiger partial charge in [0.05, 0.1) is 0 Å². The molecule has 0 fully saturated rings. The van der Waals surface area contributed by atoms with E-state index in [4.69, 9.17) is 0 Å². The number of imidazole rings is 1. The third-order valence-corrected chi connectivity index (χ3v) is 4.01. The zero-order chi connectivity index (χ0) is 15.4. The summed E-state index contributed by atoms with van der Waals surface area (Å²) in [6.45, 7) is 6.87. The zero-order valence-electron chi connectivity index (χ0n) is 12.4. The summed E-state index contributed by atoms with van der Waals surface area (Å²) in [5.41, 5.74) is 0.123. The van der Waals surface area contributed by atoms with Crippen molar-refractivity contribution >= 4 is 22.9 Å². The van der Waals surface area contributed by atoms with E-state index in [1.165, 1.54) is 11.8 Å². The lowest BCUT2D eigenvalue weighted by molar-refractivity contribution is 0.588. The van der Waals surface area contributed by atoms with Crippen LogP contribution in [0.5, 0.6) is 0 Å². The van der Waals surface area contributed by atoms with E-state index in [-0.39, 0.29) is 5.69 Å². The number of hydrogen-bond acceptors (Lipinski definition) is 4. The van der Waals surface area contributed by atoms with Crippen molar-refractivity contribution in [2.24, 2.45) is 0 Å². The van der Waals surface area contributed by atoms with Crippen molar-refractivity contribution in [2.45, 2.75) is 44.4 Å². The highest BCUT2D eigenvalue weighted by atomic mass is 32.2. The average molecular weight is 308 g/mol. The van der Waals surface area contributed by atoms with E-state index in [2.05, 4.69) is 23.5 Å². The Bertz CT molecular complexity index is 757. The van der Waals surface area contributed by atoms with Crippen LogP contribution in [0.1, 0.15) is 26.2 Å². The van der Waals surface area contributed by atoms with Gasteiger partial charge in [-0.2, -0.15) is 0 Å². The molecule has 0 aromatic carbocycles. The van der Waals surface area contributed by atoms with E-state index in [1.807, 2.05) is 6.26 Å². The standard InChI is InChI=1S/C14H20N4O2S/c1-4-6-7-9-18-11-10(12(19)16-13(18)20)17(8-5-2)14(15-11)21-3/h5H,2,4,6-9H2,1,3H3,(H,16,19,20). The fraction of sp³-hybridized carbons (Fsp3) is 0.500. The maximum Gasteiger partial charge on any atom is 0.330 e. The molecule has 2 aromatic rings. The molecule has 6 nitrogen and oxygen atoms in total. The highest BCUT2D eigenvalue weighted by Gasteiger charge is 2.17. The second-order valence-electron chi connectivity index (χ2n) is 4.79. The number of unbranched alkanes of at least 4 members (excludes halogenated alkanes) is 2. The summed E-state index contributed by atoms with van der Waals surface area (Å²) in [7, 11) is 0. The van der Waals surface area contributed by atoms with Crippen LogP contribution in [0.15, 0.2) is 27.4 Å². The molecule has 2 heterocycles. The number of rotatable bonds is 7. The van der Waals surface area contributed by atoms with Crippen LogP contribution in [0.3, 0.4) is 0 Å². The van der Waals surface area contributed by atoms with Gasteiger partial charge in [-0.15, -0.1) is 6.58 Å². The first kappa shape index (κ1) is 15.6. The minimum atomic E-state index is -0.392. The normalized spacial score (nSPS) is 11.1. The van der Waals surface area contributed by atoms with Gasteiger partial charge in [0, 0.05) is 13.1 Å². The first-order valence-corrected chi connectivity index (χ1v) is 8.24. The van der Waals surface area contributed by atoms with E-state index in [0.717, 1.165) is 19.3 Å². The summed E-state index contributed by atoms with van der Waals surface area (Å²) >= 11 is 1.45. The molecular weight excluding hydrogens is 288 g/mol. The Kier molecular flexibility index (Phi) is 5.06. The molecule has 0 atom stereocenters. The first-order valence-electron chi connectivity index (χ1n) is 7.02. The Hall–Kier alpha value is -1.76. The maximum absolute atomic E-state index is 12.1. The molecule has 0 amide bonds. The number of aryl methyl sites for hydroxylation is 1. The van der Waals surface area contributed by atoms with Crippen LogP contribution in [0.4, 0.5) is 0 Å². The lowest BCUT2D eigenvalue weighted by Gasteiger charge is -2.06. The molecule has 0 radical (unpaired) electrons. The Morgan fingerprint density at radius 2 is 2.10 bits per heavy atom. The number of fused-ring (bicyclic) bond motifs is 1. The Balaban J connectivity index is 2.66. The average Bonchev–Trinajstić information content (AvgIpc) is 2.82. The van der Waals surface area contributed by atoms with Gasteiger partial charge in [0.2, 0.25) is 0 Å². The smallest absolute Gasteiger partial charge is 0.309 e. The number of thioether (sulfide) groups is 1. The van der Waals surface area contributed by atoms with Crippen LogP contribution in [-0.2, 0) is 13.1 Å². The third-order valence-electron chi connectivity index (χ3n) is 3.33. The fourth-order valence-corrected chi connectivity index (χ4v) is 2.90. The molecule has 2 rings (SSSR count). The Labute approximate surface area is 126 Å². The van der Waals surface area contributed by atoms with Gasteiger partial charge < -0.3 is 4.57 Å². The van der Waals surface area contributed by atoms with E-state index in [9.17, 15) is 9.59 Å². The van der Waals surface area contributed by atoms with E-state index in [1.54, 1.807) is 15.2 Å². The fourth-order valence-electron chi connectivity index (χ4n) is 2.33. The monoisotopic (exact) mass is 308 g/mol. The van der Waals surface area contributed by atoms with Crippen molar-refractivity contribution in [3.63, 3.8) is 0 Å². The summed E-state index contributed by atoms with van der Waals surface area (Å²) in [6, 6.07) is 0. The number of aromatic nitrogens is 4. The number of nitrogens with one attached hydrogen (secondary N) is 1. The van der Waals surface area contributed by atoms with Gasteiger partial charge in [0.25, 0.3) is 5.56 Å². The summed E-state index contributed by atoms with van der Waals surface area (Å²) in [6.07, 6.45) is 6.61.